The minimum Gasteiger partial charge on any atom is -0.352 e. The second-order valence-electron chi connectivity index (χ2n) is 9.13. The van der Waals surface area contributed by atoms with Gasteiger partial charge in [0, 0.05) is 31.1 Å². The van der Waals surface area contributed by atoms with Gasteiger partial charge in [-0.3, -0.25) is 9.59 Å². The number of halogens is 4. The highest BCUT2D eigenvalue weighted by Gasteiger charge is 2.35. The molecule has 1 fully saturated rings. The molecular weight excluding hydrogens is 472 g/mol. The smallest absolute Gasteiger partial charge is 0.352 e. The molecule has 0 aliphatic carbocycles. The van der Waals surface area contributed by atoms with Crippen molar-refractivity contribution in [2.24, 2.45) is 5.92 Å². The largest absolute Gasteiger partial charge is 0.416 e. The Morgan fingerprint density at radius 3 is 2.42 bits per heavy atom. The Bertz CT molecular complexity index is 1240. The van der Waals surface area contributed by atoms with Gasteiger partial charge in [-0.15, -0.1) is 0 Å². The van der Waals surface area contributed by atoms with Crippen LogP contribution in [0.25, 0.3) is 0 Å². The lowest BCUT2D eigenvalue weighted by Crippen LogP contribution is -2.48. The van der Waals surface area contributed by atoms with Gasteiger partial charge in [-0.05, 0) is 60.4 Å². The fourth-order valence-electron chi connectivity index (χ4n) is 4.57. The van der Waals surface area contributed by atoms with Crippen LogP contribution in [0.4, 0.5) is 17.6 Å². The van der Waals surface area contributed by atoms with E-state index in [1.165, 1.54) is 18.2 Å². The van der Waals surface area contributed by atoms with Gasteiger partial charge in [0.2, 0.25) is 5.91 Å². The Labute approximate surface area is 206 Å². The molecule has 0 unspecified atom stereocenters. The van der Waals surface area contributed by atoms with Crippen molar-refractivity contribution >= 4 is 11.8 Å². The van der Waals surface area contributed by atoms with E-state index in [9.17, 15) is 27.2 Å². The monoisotopic (exact) mass is 498 g/mol. The van der Waals surface area contributed by atoms with Crippen LogP contribution in [-0.4, -0.2) is 29.8 Å². The Hall–Kier alpha value is -3.68. The number of nitrogens with one attached hydrogen (secondary N) is 1. The summed E-state index contributed by atoms with van der Waals surface area (Å²) in [6.07, 6.45) is -4.04. The zero-order chi connectivity index (χ0) is 25.9. The number of aryl methyl sites for hydroxylation is 1. The highest BCUT2D eigenvalue weighted by atomic mass is 19.4. The molecular formula is C28H26F4N2O2. The summed E-state index contributed by atoms with van der Waals surface area (Å²) in [6, 6.07) is 18.3. The Balaban J connectivity index is 1.53. The van der Waals surface area contributed by atoms with E-state index in [0.29, 0.717) is 29.7 Å². The summed E-state index contributed by atoms with van der Waals surface area (Å²) >= 11 is 0. The fraction of sp³-hybridized carbons (Fsp3) is 0.286. The van der Waals surface area contributed by atoms with E-state index in [1.54, 1.807) is 54.3 Å². The van der Waals surface area contributed by atoms with Crippen LogP contribution in [0.3, 0.4) is 0 Å². The van der Waals surface area contributed by atoms with E-state index in [-0.39, 0.29) is 36.6 Å². The number of hydrogen-bond donors (Lipinski definition) is 1. The van der Waals surface area contributed by atoms with Crippen LogP contribution >= 0.6 is 0 Å². The number of likely N-dealkylation sites (tertiary alicyclic amines) is 1. The summed E-state index contributed by atoms with van der Waals surface area (Å²) in [5.74, 6) is -1.67. The first-order valence-corrected chi connectivity index (χ1v) is 11.7. The quantitative estimate of drug-likeness (QED) is 0.458. The van der Waals surface area contributed by atoms with Crippen LogP contribution in [0.1, 0.15) is 45.0 Å². The summed E-state index contributed by atoms with van der Waals surface area (Å²) in [5, 5.41) is 2.73. The maximum Gasteiger partial charge on any atom is 0.416 e. The van der Waals surface area contributed by atoms with Crippen LogP contribution in [0.2, 0.25) is 0 Å². The molecule has 36 heavy (non-hydrogen) atoms. The lowest BCUT2D eigenvalue weighted by atomic mass is 9.83. The maximum absolute atomic E-state index is 13.9. The van der Waals surface area contributed by atoms with Crippen molar-refractivity contribution in [1.82, 2.24) is 10.2 Å². The number of piperidine rings is 1. The molecule has 3 aromatic rings. The number of benzene rings is 3. The molecule has 4 nitrogen and oxygen atoms in total. The minimum atomic E-state index is -4.47. The van der Waals surface area contributed by atoms with E-state index in [0.717, 1.165) is 17.7 Å². The second-order valence-corrected chi connectivity index (χ2v) is 9.13. The number of carbonyl (C=O) groups is 2. The lowest BCUT2D eigenvalue weighted by Gasteiger charge is -2.37. The van der Waals surface area contributed by atoms with Gasteiger partial charge in [0.1, 0.15) is 5.82 Å². The molecule has 0 aromatic heterocycles. The Morgan fingerprint density at radius 2 is 1.72 bits per heavy atom. The zero-order valence-corrected chi connectivity index (χ0v) is 19.7. The van der Waals surface area contributed by atoms with E-state index in [4.69, 9.17) is 0 Å². The van der Waals surface area contributed by atoms with Crippen LogP contribution in [0.15, 0.2) is 72.8 Å². The number of carbonyl (C=O) groups excluding carboxylic acids is 2. The molecule has 4 rings (SSSR count). The fourth-order valence-corrected chi connectivity index (χ4v) is 4.57. The van der Waals surface area contributed by atoms with Gasteiger partial charge in [0.15, 0.2) is 0 Å². The molecule has 0 radical (unpaired) electrons. The molecule has 0 bridgehead atoms. The van der Waals surface area contributed by atoms with Gasteiger partial charge in [0.05, 0.1) is 11.5 Å². The molecule has 2 atom stereocenters. The summed E-state index contributed by atoms with van der Waals surface area (Å²) in [6.45, 7) is 2.15. The first kappa shape index (κ1) is 25.4. The number of nitrogens with zero attached hydrogens (tertiary/aromatic N) is 1. The van der Waals surface area contributed by atoms with Crippen LogP contribution in [0.5, 0.6) is 0 Å². The van der Waals surface area contributed by atoms with Gasteiger partial charge in [0.25, 0.3) is 5.91 Å². The molecule has 1 aliphatic heterocycles. The van der Waals surface area contributed by atoms with E-state index in [2.05, 4.69) is 5.32 Å². The molecule has 0 spiro atoms. The van der Waals surface area contributed by atoms with Crippen LogP contribution < -0.4 is 5.32 Å². The third kappa shape index (κ3) is 5.93. The van der Waals surface area contributed by atoms with Crippen molar-refractivity contribution < 1.29 is 27.2 Å². The average molecular weight is 499 g/mol. The lowest BCUT2D eigenvalue weighted by molar-refractivity contribution is -0.137. The van der Waals surface area contributed by atoms with Gasteiger partial charge in [-0.1, -0.05) is 42.5 Å². The van der Waals surface area contributed by atoms with Gasteiger partial charge < -0.3 is 10.2 Å². The average Bonchev–Trinajstić information content (AvgIpc) is 2.88. The molecule has 0 saturated carbocycles. The second kappa shape index (κ2) is 10.5. The molecule has 1 heterocycles. The first-order valence-electron chi connectivity index (χ1n) is 11.7. The number of rotatable bonds is 5. The predicted octanol–water partition coefficient (Wildman–Crippen LogP) is 5.72. The predicted molar refractivity (Wildman–Crippen MR) is 128 cm³/mol. The van der Waals surface area contributed by atoms with E-state index < -0.39 is 17.7 Å². The normalized spacial score (nSPS) is 18.1. The highest BCUT2D eigenvalue weighted by molar-refractivity contribution is 5.94. The third-order valence-electron chi connectivity index (χ3n) is 6.50. The molecule has 1 N–H and O–H groups in total. The summed E-state index contributed by atoms with van der Waals surface area (Å²) < 4.78 is 52.9. The van der Waals surface area contributed by atoms with Crippen molar-refractivity contribution in [1.29, 1.82) is 0 Å². The molecule has 2 amide bonds. The SMILES string of the molecule is Cc1cc([C@H]2C[C@H](C(=O)NCc3cccc(C(F)(F)F)c3)CN(C(=O)c3ccccc3)C2)ccc1F. The summed E-state index contributed by atoms with van der Waals surface area (Å²) in [5.41, 5.74) is 1.35. The van der Waals surface area contributed by atoms with E-state index >= 15 is 0 Å². The zero-order valence-electron chi connectivity index (χ0n) is 19.7. The number of alkyl halides is 3. The molecule has 1 saturated heterocycles. The van der Waals surface area contributed by atoms with Crippen molar-refractivity contribution in [2.75, 3.05) is 13.1 Å². The number of hydrogen-bond acceptors (Lipinski definition) is 2. The highest BCUT2D eigenvalue weighted by Crippen LogP contribution is 2.33. The molecule has 1 aliphatic rings. The molecule has 8 heteroatoms. The standard InChI is InChI=1S/C28H26F4N2O2/c1-18-12-21(10-11-25(18)29)22-14-23(17-34(16-22)27(36)20-7-3-2-4-8-20)26(35)33-15-19-6-5-9-24(13-19)28(30,31)32/h2-13,22-23H,14-17H2,1H3,(H,33,35)/t22-,23-/m0/s1. The Morgan fingerprint density at radius 1 is 0.972 bits per heavy atom. The third-order valence-corrected chi connectivity index (χ3v) is 6.50. The van der Waals surface area contributed by atoms with Crippen molar-refractivity contribution in [3.63, 3.8) is 0 Å². The van der Waals surface area contributed by atoms with Crippen molar-refractivity contribution in [3.8, 4) is 0 Å². The van der Waals surface area contributed by atoms with Crippen molar-refractivity contribution in [2.45, 2.75) is 32.0 Å². The first-order chi connectivity index (χ1) is 17.1. The Kier molecular flexibility index (Phi) is 7.43. The minimum absolute atomic E-state index is 0.0633. The molecule has 188 valence electrons. The van der Waals surface area contributed by atoms with Crippen LogP contribution in [-0.2, 0) is 17.5 Å². The molecule has 3 aromatic carbocycles. The van der Waals surface area contributed by atoms with Gasteiger partial charge in [-0.2, -0.15) is 13.2 Å². The topological polar surface area (TPSA) is 49.4 Å². The van der Waals surface area contributed by atoms with Crippen LogP contribution in [0, 0.1) is 18.7 Å². The maximum atomic E-state index is 13.9. The summed E-state index contributed by atoms with van der Waals surface area (Å²) in [7, 11) is 0. The van der Waals surface area contributed by atoms with Crippen molar-refractivity contribution in [3.05, 3.63) is 106 Å². The number of amides is 2. The van der Waals surface area contributed by atoms with E-state index in [1.807, 2.05) is 0 Å². The van der Waals surface area contributed by atoms with Gasteiger partial charge >= 0.3 is 6.18 Å². The van der Waals surface area contributed by atoms with Gasteiger partial charge in [-0.25, -0.2) is 4.39 Å². The summed E-state index contributed by atoms with van der Waals surface area (Å²) in [4.78, 5) is 28.0.